The zero-order valence-electron chi connectivity index (χ0n) is 19.1. The smallest absolute Gasteiger partial charge is 0.114 e. The number of nitrogens with zero attached hydrogens (tertiary/aromatic N) is 1. The van der Waals surface area contributed by atoms with Gasteiger partial charge in [0.05, 0.1) is 6.61 Å². The molecule has 1 aromatic carbocycles. The normalized spacial score (nSPS) is 25.3. The molecule has 0 saturated carbocycles. The van der Waals surface area contributed by atoms with E-state index in [9.17, 15) is 20.4 Å². The maximum atomic E-state index is 10.8. The van der Waals surface area contributed by atoms with Crippen LogP contribution in [0.2, 0.25) is 0 Å². The molecule has 0 bridgehead atoms. The third-order valence-corrected chi connectivity index (χ3v) is 6.59. The molecule has 33 heavy (non-hydrogen) atoms. The first-order valence-corrected chi connectivity index (χ1v) is 11.6. The highest BCUT2D eigenvalue weighted by Crippen LogP contribution is 2.38. The number of hydrogen-bond donors (Lipinski definition) is 4. The lowest BCUT2D eigenvalue weighted by Gasteiger charge is -2.41. The van der Waals surface area contributed by atoms with Gasteiger partial charge in [-0.2, -0.15) is 0 Å². The van der Waals surface area contributed by atoms with E-state index in [4.69, 9.17) is 4.74 Å². The van der Waals surface area contributed by atoms with E-state index in [2.05, 4.69) is 49.1 Å². The minimum atomic E-state index is -1.41. The van der Waals surface area contributed by atoms with Crippen LogP contribution in [-0.2, 0) is 11.2 Å². The van der Waals surface area contributed by atoms with E-state index in [0.717, 1.165) is 29.9 Å². The van der Waals surface area contributed by atoms with Crippen molar-refractivity contribution in [3.63, 3.8) is 0 Å². The second-order valence-electron chi connectivity index (χ2n) is 8.68. The molecule has 3 aliphatic rings. The molecule has 0 radical (unpaired) electrons. The quantitative estimate of drug-likeness (QED) is 0.441. The first kappa shape index (κ1) is 23.7. The molecule has 4 N–H and O–H groups in total. The highest BCUT2D eigenvalue weighted by molar-refractivity contribution is 5.68. The third kappa shape index (κ3) is 4.76. The Labute approximate surface area is 195 Å². The van der Waals surface area contributed by atoms with Crippen molar-refractivity contribution in [1.82, 2.24) is 0 Å². The van der Waals surface area contributed by atoms with E-state index in [1.807, 2.05) is 30.3 Å². The second-order valence-corrected chi connectivity index (χ2v) is 8.68. The molecule has 2 aliphatic carbocycles. The number of fused-ring (bicyclic) bond motifs is 1. The number of anilines is 1. The maximum Gasteiger partial charge on any atom is 0.114 e. The molecule has 5 atom stereocenters. The average Bonchev–Trinajstić information content (AvgIpc) is 3.07. The summed E-state index contributed by atoms with van der Waals surface area (Å²) in [6, 6.07) is 20.8. The predicted octanol–water partition coefficient (Wildman–Crippen LogP) is 2.74. The van der Waals surface area contributed by atoms with Gasteiger partial charge in [0.15, 0.2) is 0 Å². The van der Waals surface area contributed by atoms with E-state index in [0.29, 0.717) is 6.42 Å². The lowest BCUT2D eigenvalue weighted by atomic mass is 9.89. The number of ether oxygens (including phenoxy) is 1. The van der Waals surface area contributed by atoms with Crippen LogP contribution in [-0.4, -0.2) is 64.5 Å². The van der Waals surface area contributed by atoms with Crippen molar-refractivity contribution < 1.29 is 25.2 Å². The molecule has 0 aromatic heterocycles. The Morgan fingerprint density at radius 1 is 0.788 bits per heavy atom. The Kier molecular flexibility index (Phi) is 7.32. The molecular formula is C27H33NO5. The minimum Gasteiger partial charge on any atom is -0.394 e. The van der Waals surface area contributed by atoms with Gasteiger partial charge in [-0.15, -0.1) is 0 Å². The zero-order valence-corrected chi connectivity index (χ0v) is 19.1. The van der Waals surface area contributed by atoms with Crippen molar-refractivity contribution in [2.45, 2.75) is 50.8 Å². The Hall–Kier alpha value is -2.48. The number of benzene rings is 1. The van der Waals surface area contributed by atoms with Gasteiger partial charge in [0, 0.05) is 24.3 Å². The van der Waals surface area contributed by atoms with Crippen LogP contribution in [0.1, 0.15) is 36.6 Å². The SMILES string of the molecule is CCN(CC)c1ccc(Cc2cc3cccccc-3c2)cc1[C@@H]1O[C@H](CO)[C@@H](O)[C@H](O)[C@H]1O. The summed E-state index contributed by atoms with van der Waals surface area (Å²) < 4.78 is 5.92. The monoisotopic (exact) mass is 451 g/mol. The van der Waals surface area contributed by atoms with Gasteiger partial charge in [-0.05, 0) is 48.6 Å². The van der Waals surface area contributed by atoms with Crippen molar-refractivity contribution in [3.8, 4) is 11.1 Å². The fourth-order valence-electron chi connectivity index (χ4n) is 4.77. The van der Waals surface area contributed by atoms with Gasteiger partial charge < -0.3 is 30.1 Å². The number of aliphatic hydroxyl groups excluding tert-OH is 4. The highest BCUT2D eigenvalue weighted by atomic mass is 16.5. The number of hydrogen-bond acceptors (Lipinski definition) is 6. The van der Waals surface area contributed by atoms with Crippen molar-refractivity contribution in [2.24, 2.45) is 0 Å². The van der Waals surface area contributed by atoms with Gasteiger partial charge in [0.25, 0.3) is 0 Å². The minimum absolute atomic E-state index is 0.445. The summed E-state index contributed by atoms with van der Waals surface area (Å²) >= 11 is 0. The van der Waals surface area contributed by atoms with E-state index >= 15 is 0 Å². The van der Waals surface area contributed by atoms with Gasteiger partial charge in [-0.3, -0.25) is 0 Å². The molecular weight excluding hydrogens is 418 g/mol. The van der Waals surface area contributed by atoms with Crippen molar-refractivity contribution in [1.29, 1.82) is 0 Å². The predicted molar refractivity (Wildman–Crippen MR) is 129 cm³/mol. The van der Waals surface area contributed by atoms with Crippen molar-refractivity contribution in [3.05, 3.63) is 77.4 Å². The summed E-state index contributed by atoms with van der Waals surface area (Å²) in [6.45, 7) is 5.21. The largest absolute Gasteiger partial charge is 0.394 e. The highest BCUT2D eigenvalue weighted by Gasteiger charge is 2.44. The molecule has 176 valence electrons. The molecule has 1 heterocycles. The van der Waals surface area contributed by atoms with Crippen LogP contribution in [0.4, 0.5) is 5.69 Å². The van der Waals surface area contributed by atoms with Crippen LogP contribution in [0.25, 0.3) is 11.1 Å². The van der Waals surface area contributed by atoms with Crippen LogP contribution < -0.4 is 4.90 Å². The third-order valence-electron chi connectivity index (χ3n) is 6.59. The molecule has 0 unspecified atom stereocenters. The van der Waals surface area contributed by atoms with Gasteiger partial charge in [0.2, 0.25) is 0 Å². The number of rotatable bonds is 7. The molecule has 0 amide bonds. The van der Waals surface area contributed by atoms with Crippen LogP contribution in [0.5, 0.6) is 0 Å². The molecule has 1 saturated heterocycles. The van der Waals surface area contributed by atoms with Crippen LogP contribution >= 0.6 is 0 Å². The Morgan fingerprint density at radius 3 is 2.06 bits per heavy atom. The molecule has 6 nitrogen and oxygen atoms in total. The summed E-state index contributed by atoms with van der Waals surface area (Å²) in [5, 5.41) is 41.0. The van der Waals surface area contributed by atoms with E-state index < -0.39 is 37.1 Å². The maximum absolute atomic E-state index is 10.8. The van der Waals surface area contributed by atoms with Gasteiger partial charge in [-0.25, -0.2) is 0 Å². The van der Waals surface area contributed by atoms with Crippen LogP contribution in [0, 0.1) is 0 Å². The van der Waals surface area contributed by atoms with E-state index in [1.165, 1.54) is 16.7 Å². The molecule has 1 aliphatic heterocycles. The lowest BCUT2D eigenvalue weighted by Crippen LogP contribution is -2.55. The Balaban J connectivity index is 1.72. The summed E-state index contributed by atoms with van der Waals surface area (Å²) in [4.78, 5) is 2.16. The van der Waals surface area contributed by atoms with Crippen molar-refractivity contribution in [2.75, 3.05) is 24.6 Å². The molecule has 1 fully saturated rings. The zero-order chi connectivity index (χ0) is 23.5. The summed E-state index contributed by atoms with van der Waals surface area (Å²) in [5.41, 5.74) is 6.26. The van der Waals surface area contributed by atoms with Gasteiger partial charge >= 0.3 is 0 Å². The van der Waals surface area contributed by atoms with Crippen LogP contribution in [0.3, 0.4) is 0 Å². The van der Waals surface area contributed by atoms with Gasteiger partial charge in [0.1, 0.15) is 30.5 Å². The first-order chi connectivity index (χ1) is 16.0. The average molecular weight is 452 g/mol. The molecule has 1 aromatic rings. The van der Waals surface area contributed by atoms with E-state index in [1.54, 1.807) is 0 Å². The standard InChI is InChI=1S/C27H33NO5/c1-3-28(4-2)22-11-10-17(12-18-13-19-8-6-5-7-9-20(19)14-18)15-21(22)27-26(32)25(31)24(30)23(16-29)33-27/h5-11,13-15,23-27,29-32H,3-4,12,16H2,1-2H3/t23-,24-,25+,26-,27+/m1/s1. The molecule has 4 rings (SSSR count). The topological polar surface area (TPSA) is 93.4 Å². The van der Waals surface area contributed by atoms with Gasteiger partial charge in [-0.1, -0.05) is 54.6 Å². The summed E-state index contributed by atoms with van der Waals surface area (Å²) in [5.74, 6) is 0. The van der Waals surface area contributed by atoms with E-state index in [-0.39, 0.29) is 0 Å². The second kappa shape index (κ2) is 10.2. The lowest BCUT2D eigenvalue weighted by molar-refractivity contribution is -0.231. The molecule has 6 heteroatoms. The van der Waals surface area contributed by atoms with Crippen LogP contribution in [0.15, 0.2) is 60.7 Å². The number of aliphatic hydroxyl groups is 4. The Morgan fingerprint density at radius 2 is 1.45 bits per heavy atom. The summed E-state index contributed by atoms with van der Waals surface area (Å²) in [7, 11) is 0. The fraction of sp³-hybridized carbons (Fsp3) is 0.407. The molecule has 0 spiro atoms. The summed E-state index contributed by atoms with van der Waals surface area (Å²) in [6.07, 6.45) is -5.19. The Bertz CT molecular complexity index is 1000. The first-order valence-electron chi connectivity index (χ1n) is 11.6. The van der Waals surface area contributed by atoms with Crippen molar-refractivity contribution >= 4 is 5.69 Å². The fourth-order valence-corrected chi connectivity index (χ4v) is 4.77.